The van der Waals surface area contributed by atoms with E-state index in [-0.39, 0.29) is 29.6 Å². The summed E-state index contributed by atoms with van der Waals surface area (Å²) in [5.74, 6) is -5.50. The lowest BCUT2D eigenvalue weighted by atomic mass is 9.89. The minimum absolute atomic E-state index is 0. The van der Waals surface area contributed by atoms with Gasteiger partial charge in [0.2, 0.25) is 0 Å². The molecule has 13 heteroatoms. The number of amides is 1. The molecule has 3 N–H and O–H groups in total. The molecule has 6 atom stereocenters. The molecule has 10 nitrogen and oxygen atoms in total. The highest BCUT2D eigenvalue weighted by atomic mass is 32.2. The summed E-state index contributed by atoms with van der Waals surface area (Å²) in [7, 11) is 0. The van der Waals surface area contributed by atoms with Gasteiger partial charge in [0.05, 0.1) is 16.9 Å². The standard InChI is InChI=1S/C34H35F2NO8S.H2O/c1-20-13-15-23(16-14-20)46(41)45-26-17-34(37-32(40)44-33(2,3)4,31(39)43-19-22-10-6-8-12-25(22)36)29-27(26)28(29)30(38)42-18-21-9-5-7-11-24(21)35;/h5-16,26-29H,17-19H2,1-4H3,(H,37,40);1H2/t26-,27-,28-,29-,34-,46?;/m0./s1. The highest BCUT2D eigenvalue weighted by Crippen LogP contribution is 2.64. The van der Waals surface area contributed by atoms with E-state index in [1.54, 1.807) is 57.2 Å². The first-order valence-corrected chi connectivity index (χ1v) is 15.8. The molecule has 0 bridgehead atoms. The van der Waals surface area contributed by atoms with Crippen LogP contribution in [0.5, 0.6) is 0 Å². The Morgan fingerprint density at radius 3 is 2.00 bits per heavy atom. The number of esters is 2. The molecule has 0 saturated heterocycles. The number of benzene rings is 3. The largest absolute Gasteiger partial charge is 0.460 e. The normalized spacial score (nSPS) is 23.4. The van der Waals surface area contributed by atoms with Crippen LogP contribution in [0.3, 0.4) is 0 Å². The lowest BCUT2D eigenvalue weighted by Crippen LogP contribution is -2.58. The van der Waals surface area contributed by atoms with Crippen LogP contribution in [0.15, 0.2) is 77.7 Å². The molecule has 2 aliphatic rings. The first kappa shape index (κ1) is 35.7. The number of nitrogens with one attached hydrogen (secondary N) is 1. The van der Waals surface area contributed by atoms with E-state index in [1.807, 2.05) is 6.92 Å². The number of alkyl carbamates (subject to hydrolysis) is 1. The first-order valence-electron chi connectivity index (χ1n) is 14.8. The minimum atomic E-state index is -2.00. The second-order valence-electron chi connectivity index (χ2n) is 12.5. The number of ether oxygens (including phenoxy) is 3. The summed E-state index contributed by atoms with van der Waals surface area (Å²) in [5, 5.41) is 2.63. The second-order valence-corrected chi connectivity index (χ2v) is 13.6. The number of aryl methyl sites for hydroxylation is 1. The zero-order chi connectivity index (χ0) is 33.2. The molecule has 2 saturated carbocycles. The summed E-state index contributed by atoms with van der Waals surface area (Å²) in [6.45, 7) is 5.98. The Morgan fingerprint density at radius 1 is 0.894 bits per heavy atom. The van der Waals surface area contributed by atoms with E-state index >= 15 is 0 Å². The zero-order valence-electron chi connectivity index (χ0n) is 26.3. The van der Waals surface area contributed by atoms with Gasteiger partial charge in [-0.3, -0.25) is 8.98 Å². The third-order valence-electron chi connectivity index (χ3n) is 8.03. The zero-order valence-corrected chi connectivity index (χ0v) is 27.1. The average molecular weight is 674 g/mol. The molecule has 0 heterocycles. The van der Waals surface area contributed by atoms with Crippen molar-refractivity contribution in [1.29, 1.82) is 0 Å². The molecule has 0 aliphatic heterocycles. The van der Waals surface area contributed by atoms with Crippen LogP contribution < -0.4 is 5.32 Å². The number of rotatable bonds is 10. The number of halogens is 2. The van der Waals surface area contributed by atoms with Gasteiger partial charge in [0, 0.05) is 29.4 Å². The molecule has 0 spiro atoms. The van der Waals surface area contributed by atoms with Crippen molar-refractivity contribution in [2.45, 2.75) is 69.5 Å². The minimum Gasteiger partial charge on any atom is -0.460 e. The molecule has 2 fully saturated rings. The van der Waals surface area contributed by atoms with E-state index in [2.05, 4.69) is 5.32 Å². The third-order valence-corrected chi connectivity index (χ3v) is 9.11. The maximum absolute atomic E-state index is 14.4. The molecule has 47 heavy (non-hydrogen) atoms. The quantitative estimate of drug-likeness (QED) is 0.237. The summed E-state index contributed by atoms with van der Waals surface area (Å²) >= 11 is -2.00. The van der Waals surface area contributed by atoms with Crippen LogP contribution in [0.1, 0.15) is 43.9 Å². The van der Waals surface area contributed by atoms with E-state index in [9.17, 15) is 27.4 Å². The molecular weight excluding hydrogens is 636 g/mol. The van der Waals surface area contributed by atoms with Crippen molar-refractivity contribution in [2.24, 2.45) is 17.8 Å². The predicted octanol–water partition coefficient (Wildman–Crippen LogP) is 4.87. The summed E-state index contributed by atoms with van der Waals surface area (Å²) in [5.41, 5.74) is -1.63. The van der Waals surface area contributed by atoms with E-state index < -0.39 is 82.4 Å². The van der Waals surface area contributed by atoms with E-state index in [1.165, 1.54) is 36.4 Å². The van der Waals surface area contributed by atoms with Gasteiger partial charge in [-0.05, 0) is 52.0 Å². The van der Waals surface area contributed by atoms with Gasteiger partial charge in [-0.15, -0.1) is 0 Å². The average Bonchev–Trinajstić information content (AvgIpc) is 3.67. The van der Waals surface area contributed by atoms with Crippen molar-refractivity contribution in [2.75, 3.05) is 0 Å². The van der Waals surface area contributed by atoms with Gasteiger partial charge in [-0.2, -0.15) is 0 Å². The Kier molecular flexibility index (Phi) is 10.8. The van der Waals surface area contributed by atoms with Gasteiger partial charge < -0.3 is 25.0 Å². The number of hydrogen-bond acceptors (Lipinski definition) is 8. The summed E-state index contributed by atoms with van der Waals surface area (Å²) in [6.07, 6.45) is -2.15. The first-order chi connectivity index (χ1) is 21.8. The van der Waals surface area contributed by atoms with E-state index in [0.29, 0.717) is 4.90 Å². The fraction of sp³-hybridized carbons (Fsp3) is 0.382. The second kappa shape index (κ2) is 14.3. The van der Waals surface area contributed by atoms with Crippen LogP contribution in [-0.4, -0.2) is 45.0 Å². The van der Waals surface area contributed by atoms with Crippen LogP contribution in [0, 0.1) is 36.3 Å². The van der Waals surface area contributed by atoms with Gasteiger partial charge in [-0.25, -0.2) is 22.6 Å². The van der Waals surface area contributed by atoms with Crippen molar-refractivity contribution in [3.05, 3.63) is 101 Å². The highest BCUT2D eigenvalue weighted by molar-refractivity contribution is 7.80. The highest BCUT2D eigenvalue weighted by Gasteiger charge is 2.77. The summed E-state index contributed by atoms with van der Waals surface area (Å²) in [4.78, 5) is 41.0. The van der Waals surface area contributed by atoms with Gasteiger partial charge in [-0.1, -0.05) is 54.1 Å². The molecule has 2 aliphatic carbocycles. The van der Waals surface area contributed by atoms with Crippen LogP contribution in [0.4, 0.5) is 13.6 Å². The third kappa shape index (κ3) is 8.03. The van der Waals surface area contributed by atoms with E-state index in [0.717, 1.165) is 5.56 Å². The topological polar surface area (TPSA) is 149 Å². The fourth-order valence-corrected chi connectivity index (χ4v) is 6.77. The SMILES string of the molecule is Cc1ccc(S(=O)O[C@H]2C[C@@](NC(=O)OC(C)(C)C)(C(=O)OCc3ccccc3F)[C@@H]3[C@@H](C(=O)OCc4ccccc4F)[C@@H]32)cc1.O. The van der Waals surface area contributed by atoms with Crippen LogP contribution >= 0.6 is 0 Å². The van der Waals surface area contributed by atoms with Crippen molar-refractivity contribution in [3.63, 3.8) is 0 Å². The maximum atomic E-state index is 14.4. The summed E-state index contributed by atoms with van der Waals surface area (Å²) in [6, 6.07) is 18.4. The smallest absolute Gasteiger partial charge is 0.408 e. The molecule has 0 aromatic heterocycles. The molecule has 5 rings (SSSR count). The number of hydrogen-bond donors (Lipinski definition) is 1. The van der Waals surface area contributed by atoms with Crippen molar-refractivity contribution in [3.8, 4) is 0 Å². The summed E-state index contributed by atoms with van der Waals surface area (Å²) < 4.78 is 64.4. The van der Waals surface area contributed by atoms with E-state index in [4.69, 9.17) is 18.4 Å². The molecule has 3 aromatic rings. The lowest BCUT2D eigenvalue weighted by molar-refractivity contribution is -0.156. The Hall–Kier alpha value is -4.20. The van der Waals surface area contributed by atoms with Gasteiger partial charge >= 0.3 is 18.0 Å². The fourth-order valence-electron chi connectivity index (χ4n) is 5.88. The number of fused-ring (bicyclic) bond motifs is 1. The Balaban J connectivity index is 0.00000500. The molecule has 0 radical (unpaired) electrons. The van der Waals surface area contributed by atoms with Gasteiger partial charge in [0.15, 0.2) is 11.1 Å². The predicted molar refractivity (Wildman–Crippen MR) is 166 cm³/mol. The monoisotopic (exact) mass is 673 g/mol. The maximum Gasteiger partial charge on any atom is 0.408 e. The lowest BCUT2D eigenvalue weighted by Gasteiger charge is -2.33. The van der Waals surface area contributed by atoms with Crippen LogP contribution in [0.2, 0.25) is 0 Å². The Morgan fingerprint density at radius 2 is 1.45 bits per heavy atom. The van der Waals surface area contributed by atoms with Gasteiger partial charge in [0.1, 0.15) is 36.0 Å². The van der Waals surface area contributed by atoms with Crippen molar-refractivity contribution in [1.82, 2.24) is 5.32 Å². The van der Waals surface area contributed by atoms with Gasteiger partial charge in [0.25, 0.3) is 0 Å². The Bertz CT molecular complexity index is 1640. The Labute approximate surface area is 273 Å². The number of carbonyl (C=O) groups excluding carboxylic acids is 3. The van der Waals surface area contributed by atoms with Crippen molar-refractivity contribution < 1.29 is 51.2 Å². The molecular formula is C34H37F2NO9S. The molecule has 1 amide bonds. The number of carbonyl (C=O) groups is 3. The molecule has 3 aromatic carbocycles. The molecule has 1 unspecified atom stereocenters. The molecule has 252 valence electrons. The van der Waals surface area contributed by atoms with Crippen LogP contribution in [-0.2, 0) is 52.3 Å². The van der Waals surface area contributed by atoms with Crippen molar-refractivity contribution >= 4 is 29.1 Å². The van der Waals surface area contributed by atoms with Crippen LogP contribution in [0.25, 0.3) is 0 Å².